The van der Waals surface area contributed by atoms with E-state index < -0.39 is 21.5 Å². The molecule has 120 valence electrons. The summed E-state index contributed by atoms with van der Waals surface area (Å²) in [6, 6.07) is 4.62. The number of sulfonamides is 1. The van der Waals surface area contributed by atoms with Crippen LogP contribution in [-0.2, 0) is 26.0 Å². The Labute approximate surface area is 128 Å². The first-order chi connectivity index (χ1) is 10.4. The van der Waals surface area contributed by atoms with Crippen LogP contribution in [0, 0.1) is 0 Å². The van der Waals surface area contributed by atoms with Crippen LogP contribution in [0.1, 0.15) is 18.4 Å². The molecule has 3 rings (SSSR count). The van der Waals surface area contributed by atoms with E-state index in [4.69, 9.17) is 9.47 Å². The van der Waals surface area contributed by atoms with Gasteiger partial charge in [-0.15, -0.1) is 0 Å². The van der Waals surface area contributed by atoms with Crippen molar-refractivity contribution in [2.24, 2.45) is 0 Å². The van der Waals surface area contributed by atoms with Gasteiger partial charge in [-0.25, -0.2) is 8.42 Å². The molecule has 22 heavy (non-hydrogen) atoms. The van der Waals surface area contributed by atoms with Crippen LogP contribution in [-0.4, -0.2) is 44.9 Å². The van der Waals surface area contributed by atoms with Gasteiger partial charge in [0, 0.05) is 38.5 Å². The zero-order valence-electron chi connectivity index (χ0n) is 11.9. The van der Waals surface area contributed by atoms with Crippen molar-refractivity contribution < 1.29 is 27.8 Å². The van der Waals surface area contributed by atoms with E-state index in [0.29, 0.717) is 12.4 Å². The predicted octanol–water partition coefficient (Wildman–Crippen LogP) is 0.534. The van der Waals surface area contributed by atoms with E-state index in [0.717, 1.165) is 12.0 Å². The molecule has 2 aliphatic rings. The fourth-order valence-electron chi connectivity index (χ4n) is 2.71. The lowest BCUT2D eigenvalue weighted by atomic mass is 9.92. The Bertz CT molecular complexity index is 693. The number of ether oxygens (including phenoxy) is 2. The molecule has 0 aromatic heterocycles. The summed E-state index contributed by atoms with van der Waals surface area (Å²) >= 11 is 0. The van der Waals surface area contributed by atoms with Gasteiger partial charge in [-0.2, -0.15) is 4.72 Å². The number of rotatable bonds is 4. The van der Waals surface area contributed by atoms with E-state index in [1.165, 1.54) is 12.1 Å². The standard InChI is InChI=1S/C14H17NO6S/c16-13(17)14(4-7-20-8-5-14)15-22(18,19)11-2-1-10-3-6-21-12(10)9-11/h1-2,9,15H,3-8H2,(H,16,17). The first-order valence-corrected chi connectivity index (χ1v) is 8.52. The zero-order chi connectivity index (χ0) is 15.8. The van der Waals surface area contributed by atoms with Crippen molar-refractivity contribution in [1.82, 2.24) is 4.72 Å². The van der Waals surface area contributed by atoms with Crippen LogP contribution in [0.4, 0.5) is 0 Å². The van der Waals surface area contributed by atoms with E-state index >= 15 is 0 Å². The number of carboxylic acid groups (broad SMARTS) is 1. The summed E-state index contributed by atoms with van der Waals surface area (Å²) in [5.74, 6) is -0.643. The molecule has 1 aromatic carbocycles. The molecular formula is C14H17NO6S. The van der Waals surface area contributed by atoms with Gasteiger partial charge in [0.2, 0.25) is 10.0 Å². The van der Waals surface area contributed by atoms with Crippen molar-refractivity contribution in [1.29, 1.82) is 0 Å². The number of carboxylic acids is 1. The lowest BCUT2D eigenvalue weighted by molar-refractivity contribution is -0.147. The fraction of sp³-hybridized carbons (Fsp3) is 0.500. The van der Waals surface area contributed by atoms with Gasteiger partial charge in [-0.05, 0) is 11.6 Å². The smallest absolute Gasteiger partial charge is 0.325 e. The Morgan fingerprint density at radius 2 is 1.95 bits per heavy atom. The second-order valence-corrected chi connectivity index (χ2v) is 7.16. The Morgan fingerprint density at radius 3 is 2.64 bits per heavy atom. The highest BCUT2D eigenvalue weighted by Crippen LogP contribution is 2.29. The summed E-state index contributed by atoms with van der Waals surface area (Å²) in [5, 5.41) is 9.45. The Balaban J connectivity index is 1.90. The predicted molar refractivity (Wildman–Crippen MR) is 76.4 cm³/mol. The molecule has 0 aliphatic carbocycles. The molecule has 8 heteroatoms. The number of aliphatic carboxylic acids is 1. The third-order valence-electron chi connectivity index (χ3n) is 4.06. The summed E-state index contributed by atoms with van der Waals surface area (Å²) < 4.78 is 37.9. The highest BCUT2D eigenvalue weighted by atomic mass is 32.2. The maximum Gasteiger partial charge on any atom is 0.325 e. The van der Waals surface area contributed by atoms with E-state index in [1.807, 2.05) is 0 Å². The number of benzene rings is 1. The third kappa shape index (κ3) is 2.69. The zero-order valence-corrected chi connectivity index (χ0v) is 12.7. The topological polar surface area (TPSA) is 102 Å². The molecule has 1 fully saturated rings. The molecular weight excluding hydrogens is 310 g/mol. The highest BCUT2D eigenvalue weighted by molar-refractivity contribution is 7.89. The number of nitrogens with one attached hydrogen (secondary N) is 1. The van der Waals surface area contributed by atoms with Gasteiger partial charge >= 0.3 is 5.97 Å². The quantitative estimate of drug-likeness (QED) is 0.836. The van der Waals surface area contributed by atoms with Crippen molar-refractivity contribution in [3.8, 4) is 5.75 Å². The van der Waals surface area contributed by atoms with Crippen LogP contribution in [0.3, 0.4) is 0 Å². The molecule has 1 aromatic rings. The monoisotopic (exact) mass is 327 g/mol. The van der Waals surface area contributed by atoms with Crippen LogP contribution >= 0.6 is 0 Å². The molecule has 0 bridgehead atoms. The number of fused-ring (bicyclic) bond motifs is 1. The van der Waals surface area contributed by atoms with Crippen molar-refractivity contribution in [3.05, 3.63) is 23.8 Å². The van der Waals surface area contributed by atoms with E-state index in [-0.39, 0.29) is 31.0 Å². The molecule has 0 amide bonds. The normalized spacial score (nSPS) is 20.2. The Hall–Kier alpha value is -1.64. The molecule has 0 saturated carbocycles. The van der Waals surface area contributed by atoms with Crippen molar-refractivity contribution in [2.45, 2.75) is 29.7 Å². The fourth-order valence-corrected chi connectivity index (χ4v) is 4.14. The Kier molecular flexibility index (Phi) is 3.84. The highest BCUT2D eigenvalue weighted by Gasteiger charge is 2.44. The van der Waals surface area contributed by atoms with Gasteiger partial charge in [-0.3, -0.25) is 4.79 Å². The maximum absolute atomic E-state index is 12.5. The number of hydrogen-bond donors (Lipinski definition) is 2. The molecule has 2 aliphatic heterocycles. The van der Waals surface area contributed by atoms with Crippen molar-refractivity contribution in [2.75, 3.05) is 19.8 Å². The van der Waals surface area contributed by atoms with E-state index in [9.17, 15) is 18.3 Å². The molecule has 0 spiro atoms. The summed E-state index contributed by atoms with van der Waals surface area (Å²) in [5.41, 5.74) is -0.560. The average Bonchev–Trinajstić information content (AvgIpc) is 2.95. The average molecular weight is 327 g/mol. The summed E-state index contributed by atoms with van der Waals surface area (Å²) in [6.07, 6.45) is 0.950. The van der Waals surface area contributed by atoms with Crippen LogP contribution in [0.5, 0.6) is 5.75 Å². The second-order valence-electron chi connectivity index (χ2n) is 5.47. The maximum atomic E-state index is 12.5. The van der Waals surface area contributed by atoms with Crippen molar-refractivity contribution >= 4 is 16.0 Å². The molecule has 2 heterocycles. The van der Waals surface area contributed by atoms with Crippen LogP contribution in [0.2, 0.25) is 0 Å². The molecule has 2 N–H and O–H groups in total. The first-order valence-electron chi connectivity index (χ1n) is 7.04. The minimum Gasteiger partial charge on any atom is -0.493 e. The lowest BCUT2D eigenvalue weighted by Crippen LogP contribution is -2.57. The molecule has 0 unspecified atom stereocenters. The van der Waals surface area contributed by atoms with Gasteiger partial charge < -0.3 is 14.6 Å². The van der Waals surface area contributed by atoms with E-state index in [2.05, 4.69) is 4.72 Å². The van der Waals surface area contributed by atoms with Gasteiger partial charge in [0.05, 0.1) is 11.5 Å². The van der Waals surface area contributed by atoms with Gasteiger partial charge in [-0.1, -0.05) is 6.07 Å². The van der Waals surface area contributed by atoms with Crippen LogP contribution in [0.25, 0.3) is 0 Å². The molecule has 1 saturated heterocycles. The van der Waals surface area contributed by atoms with Crippen LogP contribution in [0.15, 0.2) is 23.1 Å². The largest absolute Gasteiger partial charge is 0.493 e. The lowest BCUT2D eigenvalue weighted by Gasteiger charge is -2.33. The number of hydrogen-bond acceptors (Lipinski definition) is 5. The van der Waals surface area contributed by atoms with Crippen molar-refractivity contribution in [3.63, 3.8) is 0 Å². The van der Waals surface area contributed by atoms with E-state index in [1.54, 1.807) is 6.07 Å². The molecule has 0 radical (unpaired) electrons. The molecule has 7 nitrogen and oxygen atoms in total. The minimum atomic E-state index is -3.95. The summed E-state index contributed by atoms with van der Waals surface area (Å²) in [7, 11) is -3.95. The second kappa shape index (κ2) is 5.53. The van der Waals surface area contributed by atoms with Gasteiger partial charge in [0.15, 0.2) is 0 Å². The van der Waals surface area contributed by atoms with Gasteiger partial charge in [0.25, 0.3) is 0 Å². The summed E-state index contributed by atoms with van der Waals surface area (Å²) in [4.78, 5) is 11.6. The molecule has 0 atom stereocenters. The first kappa shape index (κ1) is 15.3. The van der Waals surface area contributed by atoms with Gasteiger partial charge in [0.1, 0.15) is 11.3 Å². The number of carbonyl (C=O) groups is 1. The Morgan fingerprint density at radius 1 is 1.23 bits per heavy atom. The summed E-state index contributed by atoms with van der Waals surface area (Å²) in [6.45, 7) is 0.951. The minimum absolute atomic E-state index is 0.0141. The SMILES string of the molecule is O=C(O)C1(NS(=O)(=O)c2ccc3c(c2)OCC3)CCOCC1. The van der Waals surface area contributed by atoms with Crippen LogP contribution < -0.4 is 9.46 Å². The third-order valence-corrected chi connectivity index (χ3v) is 5.60.